The number of rotatable bonds is 7. The smallest absolute Gasteiger partial charge is 0.143 e. The third-order valence-corrected chi connectivity index (χ3v) is 11.5. The monoisotopic (exact) mass is 730 g/mol. The molecule has 3 nitrogen and oxygen atoms in total. The predicted molar refractivity (Wildman–Crippen MR) is 239 cm³/mol. The fraction of sp³-hybridized carbons (Fsp3) is 0.0370. The van der Waals surface area contributed by atoms with Crippen LogP contribution in [0.25, 0.3) is 77.3 Å². The Balaban J connectivity index is 0.995. The molecule has 1 aliphatic rings. The summed E-state index contributed by atoms with van der Waals surface area (Å²) in [4.78, 5) is 2.50. The first-order valence-electron chi connectivity index (χ1n) is 19.7. The van der Waals surface area contributed by atoms with Gasteiger partial charge in [0.15, 0.2) is 0 Å². The number of hydrogen-bond acceptors (Lipinski definition) is 2. The maximum atomic E-state index is 6.44. The van der Waals surface area contributed by atoms with Crippen LogP contribution in [-0.4, -0.2) is 10.6 Å². The zero-order valence-corrected chi connectivity index (χ0v) is 31.3. The molecule has 0 saturated heterocycles. The lowest BCUT2D eigenvalue weighted by Gasteiger charge is -2.33. The van der Waals surface area contributed by atoms with E-state index in [9.17, 15) is 0 Å². The van der Waals surface area contributed by atoms with E-state index in [4.69, 9.17) is 4.42 Å². The Morgan fingerprint density at radius 2 is 1.11 bits per heavy atom. The van der Waals surface area contributed by atoms with Gasteiger partial charge in [0.1, 0.15) is 11.2 Å². The van der Waals surface area contributed by atoms with E-state index in [0.29, 0.717) is 0 Å². The van der Waals surface area contributed by atoms with Gasteiger partial charge < -0.3 is 13.9 Å². The summed E-state index contributed by atoms with van der Waals surface area (Å²) in [6.07, 6.45) is 7.94. The molecule has 0 amide bonds. The van der Waals surface area contributed by atoms with Crippen molar-refractivity contribution in [1.82, 2.24) is 4.57 Å². The average molecular weight is 731 g/mol. The Kier molecular flexibility index (Phi) is 7.96. The molecule has 2 heterocycles. The van der Waals surface area contributed by atoms with E-state index in [2.05, 4.69) is 210 Å². The number of hydrogen-bond donors (Lipinski definition) is 0. The van der Waals surface area contributed by atoms with Gasteiger partial charge in [0, 0.05) is 44.2 Å². The number of para-hydroxylation sites is 4. The number of fused-ring (bicyclic) bond motifs is 6. The first-order chi connectivity index (χ1) is 28.3. The maximum Gasteiger partial charge on any atom is 0.143 e. The topological polar surface area (TPSA) is 21.3 Å². The molecule has 10 aromatic rings. The van der Waals surface area contributed by atoms with Crippen molar-refractivity contribution in [2.24, 2.45) is 0 Å². The van der Waals surface area contributed by atoms with Crippen molar-refractivity contribution in [3.8, 4) is 27.9 Å². The molecule has 2 aromatic heterocycles. The zero-order valence-electron chi connectivity index (χ0n) is 31.3. The molecule has 0 saturated carbocycles. The van der Waals surface area contributed by atoms with Gasteiger partial charge in [0.05, 0.1) is 17.1 Å². The number of allylic oxidation sites excluding steroid dienone is 2. The van der Waals surface area contributed by atoms with Crippen LogP contribution in [0.5, 0.6) is 0 Å². The lowest BCUT2D eigenvalue weighted by atomic mass is 9.94. The van der Waals surface area contributed by atoms with Gasteiger partial charge in [-0.25, -0.2) is 0 Å². The Morgan fingerprint density at radius 1 is 0.474 bits per heavy atom. The van der Waals surface area contributed by atoms with Crippen LogP contribution in [0, 0.1) is 0 Å². The van der Waals surface area contributed by atoms with Crippen molar-refractivity contribution < 1.29 is 4.42 Å². The molecule has 1 unspecified atom stereocenters. The van der Waals surface area contributed by atoms with Crippen molar-refractivity contribution in [3.05, 3.63) is 218 Å². The number of anilines is 2. The molecule has 8 aromatic carbocycles. The second-order valence-electron chi connectivity index (χ2n) is 14.9. The van der Waals surface area contributed by atoms with Gasteiger partial charge in [0.2, 0.25) is 0 Å². The van der Waals surface area contributed by atoms with Gasteiger partial charge in [-0.3, -0.25) is 0 Å². The van der Waals surface area contributed by atoms with E-state index in [-0.39, 0.29) is 6.04 Å². The SMILES string of the molecule is C1=CC(N(c2ccc(-c3cccc4c3oc3ccccc34)cc2)c2ccc3c(c2)c2ccccc2n3-c2ccccc2)CC=C1c1ccc(-c2ccccc2)cc1. The van der Waals surface area contributed by atoms with Crippen molar-refractivity contribution >= 4 is 60.7 Å². The number of nitrogens with zero attached hydrogens (tertiary/aromatic N) is 2. The molecule has 0 spiro atoms. The first kappa shape index (κ1) is 33.0. The van der Waals surface area contributed by atoms with Gasteiger partial charge in [-0.05, 0) is 88.8 Å². The molecular weight excluding hydrogens is 693 g/mol. The van der Waals surface area contributed by atoms with Gasteiger partial charge in [-0.2, -0.15) is 0 Å². The molecule has 0 fully saturated rings. The molecule has 57 heavy (non-hydrogen) atoms. The number of benzene rings is 8. The summed E-state index contributed by atoms with van der Waals surface area (Å²) in [5.74, 6) is 0. The van der Waals surface area contributed by atoms with Crippen LogP contribution in [0.15, 0.2) is 217 Å². The van der Waals surface area contributed by atoms with Crippen molar-refractivity contribution in [2.75, 3.05) is 4.90 Å². The summed E-state index contributed by atoms with van der Waals surface area (Å²) >= 11 is 0. The highest BCUT2D eigenvalue weighted by atomic mass is 16.3. The molecule has 1 atom stereocenters. The second kappa shape index (κ2) is 13.7. The van der Waals surface area contributed by atoms with Crippen molar-refractivity contribution in [2.45, 2.75) is 12.5 Å². The highest BCUT2D eigenvalue weighted by Crippen LogP contribution is 2.41. The van der Waals surface area contributed by atoms with E-state index < -0.39 is 0 Å². The van der Waals surface area contributed by atoms with Crippen LogP contribution in [0.3, 0.4) is 0 Å². The van der Waals surface area contributed by atoms with E-state index in [0.717, 1.165) is 56.5 Å². The molecule has 0 aliphatic heterocycles. The van der Waals surface area contributed by atoms with Crippen LogP contribution in [0.2, 0.25) is 0 Å². The molecule has 3 heteroatoms. The third kappa shape index (κ3) is 5.75. The van der Waals surface area contributed by atoms with Crippen molar-refractivity contribution in [3.63, 3.8) is 0 Å². The molecule has 1 aliphatic carbocycles. The number of furan rings is 1. The molecular formula is C54H38N2O. The second-order valence-corrected chi connectivity index (χ2v) is 14.9. The number of aromatic nitrogens is 1. The predicted octanol–water partition coefficient (Wildman–Crippen LogP) is 14.6. The maximum absolute atomic E-state index is 6.44. The first-order valence-corrected chi connectivity index (χ1v) is 19.7. The third-order valence-electron chi connectivity index (χ3n) is 11.5. The Labute approximate surface area is 331 Å². The molecule has 270 valence electrons. The molecule has 0 N–H and O–H groups in total. The summed E-state index contributed by atoms with van der Waals surface area (Å²) in [6, 6.07) is 69.8. The van der Waals surface area contributed by atoms with Crippen LogP contribution >= 0.6 is 0 Å². The summed E-state index contributed by atoms with van der Waals surface area (Å²) < 4.78 is 8.82. The highest BCUT2D eigenvalue weighted by molar-refractivity contribution is 6.11. The largest absolute Gasteiger partial charge is 0.455 e. The summed E-state index contributed by atoms with van der Waals surface area (Å²) in [5, 5.41) is 4.76. The lowest BCUT2D eigenvalue weighted by Crippen LogP contribution is -2.30. The highest BCUT2D eigenvalue weighted by Gasteiger charge is 2.23. The minimum atomic E-state index is 0.113. The van der Waals surface area contributed by atoms with Crippen LogP contribution in [0.4, 0.5) is 11.4 Å². The minimum absolute atomic E-state index is 0.113. The van der Waals surface area contributed by atoms with Crippen molar-refractivity contribution in [1.29, 1.82) is 0 Å². The van der Waals surface area contributed by atoms with E-state index in [1.807, 2.05) is 12.1 Å². The van der Waals surface area contributed by atoms with E-state index >= 15 is 0 Å². The molecule has 0 bridgehead atoms. The van der Waals surface area contributed by atoms with Gasteiger partial charge in [0.25, 0.3) is 0 Å². The van der Waals surface area contributed by atoms with Gasteiger partial charge >= 0.3 is 0 Å². The summed E-state index contributed by atoms with van der Waals surface area (Å²) in [6.45, 7) is 0. The molecule has 11 rings (SSSR count). The van der Waals surface area contributed by atoms with E-state index in [1.54, 1.807) is 0 Å². The van der Waals surface area contributed by atoms with Crippen LogP contribution in [-0.2, 0) is 0 Å². The minimum Gasteiger partial charge on any atom is -0.455 e. The lowest BCUT2D eigenvalue weighted by molar-refractivity contribution is 0.670. The van der Waals surface area contributed by atoms with Gasteiger partial charge in [-0.15, -0.1) is 0 Å². The Bertz CT molecular complexity index is 3130. The Hall–Kier alpha value is -7.36. The van der Waals surface area contributed by atoms with Crippen LogP contribution in [0.1, 0.15) is 12.0 Å². The fourth-order valence-electron chi connectivity index (χ4n) is 8.77. The zero-order chi connectivity index (χ0) is 37.7. The normalized spacial score (nSPS) is 14.1. The fourth-order valence-corrected chi connectivity index (χ4v) is 8.77. The summed E-state index contributed by atoms with van der Waals surface area (Å²) in [7, 11) is 0. The summed E-state index contributed by atoms with van der Waals surface area (Å²) in [5.41, 5.74) is 14.9. The van der Waals surface area contributed by atoms with Crippen LogP contribution < -0.4 is 4.90 Å². The standard InChI is InChI=1S/C54H38N2O/c1-3-12-37(13-4-1)38-22-24-39(25-23-38)40-26-30-43(31-27-40)55(44-32-28-41(29-33-44)46-18-11-19-49-48-17-8-10-21-53(48)57-54(46)49)45-34-35-52-50(36-45)47-16-7-9-20-51(47)56(52)42-14-5-2-6-15-42/h1-30,32-36,43H,31H2. The Morgan fingerprint density at radius 3 is 1.89 bits per heavy atom. The quantitative estimate of drug-likeness (QED) is 0.163. The molecule has 0 radical (unpaired) electrons. The average Bonchev–Trinajstić information content (AvgIpc) is 3.84. The van der Waals surface area contributed by atoms with Gasteiger partial charge in [-0.1, -0.05) is 158 Å². The van der Waals surface area contributed by atoms with E-state index in [1.165, 1.54) is 44.1 Å².